The first-order valence-corrected chi connectivity index (χ1v) is 8.36. The number of aliphatic carboxylic acids is 1. The molecule has 0 spiro atoms. The minimum absolute atomic E-state index is 0.0363. The molecule has 0 aliphatic carbocycles. The summed E-state index contributed by atoms with van der Waals surface area (Å²) in [5.74, 6) is -0.300. The van der Waals surface area contributed by atoms with E-state index in [9.17, 15) is 14.7 Å². The van der Waals surface area contributed by atoms with Gasteiger partial charge in [0.2, 0.25) is 0 Å². The Bertz CT molecular complexity index is 885. The van der Waals surface area contributed by atoms with Gasteiger partial charge < -0.3 is 14.6 Å². The summed E-state index contributed by atoms with van der Waals surface area (Å²) in [5.41, 5.74) is 2.48. The molecule has 128 valence electrons. The fraction of sp³-hybridized carbons (Fsp3) is 0.158. The fourth-order valence-corrected chi connectivity index (χ4v) is 3.21. The number of carboxylic acids is 1. The molecule has 25 heavy (non-hydrogen) atoms. The Morgan fingerprint density at radius 1 is 1.04 bits per heavy atom. The minimum Gasteiger partial charge on any atom is -0.481 e. The lowest BCUT2D eigenvalue weighted by atomic mass is 9.90. The summed E-state index contributed by atoms with van der Waals surface area (Å²) in [5, 5.41) is 9.41. The maximum absolute atomic E-state index is 12.0. The monoisotopic (exact) mass is 402 g/mol. The van der Waals surface area contributed by atoms with Crippen LogP contribution in [0.2, 0.25) is 0 Å². The van der Waals surface area contributed by atoms with Crippen LogP contribution in [-0.2, 0) is 14.3 Å². The number of methoxy groups -OCH3 is 1. The summed E-state index contributed by atoms with van der Waals surface area (Å²) in [6, 6.07) is 12.7. The molecule has 1 aliphatic heterocycles. The highest BCUT2D eigenvalue weighted by Gasteiger charge is 2.26. The summed E-state index contributed by atoms with van der Waals surface area (Å²) in [7, 11) is 1.31. The minimum atomic E-state index is -0.984. The number of hydrogen-bond donors (Lipinski definition) is 1. The number of ether oxygens (including phenoxy) is 2. The Labute approximate surface area is 153 Å². The van der Waals surface area contributed by atoms with Gasteiger partial charge in [-0.05, 0) is 35.4 Å². The molecule has 1 aliphatic rings. The third-order valence-electron chi connectivity index (χ3n) is 3.94. The van der Waals surface area contributed by atoms with E-state index in [0.29, 0.717) is 33.8 Å². The molecule has 5 nitrogen and oxygen atoms in total. The number of benzene rings is 2. The van der Waals surface area contributed by atoms with E-state index in [1.165, 1.54) is 7.11 Å². The van der Waals surface area contributed by atoms with Crippen LogP contribution >= 0.6 is 15.9 Å². The van der Waals surface area contributed by atoms with E-state index in [1.54, 1.807) is 18.2 Å². The maximum atomic E-state index is 12.0. The summed E-state index contributed by atoms with van der Waals surface area (Å²) in [4.78, 5) is 23.4. The second-order valence-corrected chi connectivity index (χ2v) is 6.43. The average Bonchev–Trinajstić information content (AvgIpc) is 2.70. The molecule has 0 radical (unpaired) electrons. The van der Waals surface area contributed by atoms with Gasteiger partial charge in [0, 0.05) is 15.6 Å². The summed E-state index contributed by atoms with van der Waals surface area (Å²) >= 11 is 3.41. The predicted octanol–water partition coefficient (Wildman–Crippen LogP) is 4.50. The predicted molar refractivity (Wildman–Crippen MR) is 96.4 cm³/mol. The van der Waals surface area contributed by atoms with E-state index in [-0.39, 0.29) is 12.8 Å². The molecule has 0 aromatic heterocycles. The molecular weight excluding hydrogens is 388 g/mol. The van der Waals surface area contributed by atoms with Crippen LogP contribution in [0.5, 0.6) is 11.5 Å². The number of hydrogen-bond acceptors (Lipinski definition) is 4. The number of rotatable bonds is 4. The summed E-state index contributed by atoms with van der Waals surface area (Å²) < 4.78 is 11.6. The van der Waals surface area contributed by atoms with Crippen LogP contribution in [0.3, 0.4) is 0 Å². The first kappa shape index (κ1) is 17.2. The molecule has 1 N–H and O–H groups in total. The Morgan fingerprint density at radius 3 is 2.44 bits per heavy atom. The summed E-state index contributed by atoms with van der Waals surface area (Å²) in [6.07, 6.45) is -0.265. The SMILES string of the molecule is COC(=O)CC1=C(CC(=O)O)c2cc(Br)ccc2Oc2ccccc21. The normalized spacial score (nSPS) is 12.6. The largest absolute Gasteiger partial charge is 0.481 e. The molecule has 2 aromatic rings. The van der Waals surface area contributed by atoms with Crippen LogP contribution in [0.1, 0.15) is 24.0 Å². The van der Waals surface area contributed by atoms with Gasteiger partial charge in [0.1, 0.15) is 11.5 Å². The van der Waals surface area contributed by atoms with Crippen molar-refractivity contribution in [3.63, 3.8) is 0 Å². The van der Waals surface area contributed by atoms with Crippen molar-refractivity contribution in [3.05, 3.63) is 58.1 Å². The van der Waals surface area contributed by atoms with Crippen LogP contribution in [0.25, 0.3) is 11.1 Å². The highest BCUT2D eigenvalue weighted by Crippen LogP contribution is 2.45. The van der Waals surface area contributed by atoms with Crippen molar-refractivity contribution >= 4 is 39.0 Å². The molecular formula is C19H15BrO5. The van der Waals surface area contributed by atoms with Crippen LogP contribution in [-0.4, -0.2) is 24.2 Å². The molecule has 3 rings (SSSR count). The number of carbonyl (C=O) groups excluding carboxylic acids is 1. The van der Waals surface area contributed by atoms with E-state index in [2.05, 4.69) is 15.9 Å². The van der Waals surface area contributed by atoms with Gasteiger partial charge in [0.25, 0.3) is 0 Å². The van der Waals surface area contributed by atoms with Crippen molar-refractivity contribution in [1.82, 2.24) is 0 Å². The van der Waals surface area contributed by atoms with Crippen molar-refractivity contribution in [2.75, 3.05) is 7.11 Å². The van der Waals surface area contributed by atoms with Crippen LogP contribution in [0.15, 0.2) is 46.9 Å². The highest BCUT2D eigenvalue weighted by molar-refractivity contribution is 9.10. The number of fused-ring (bicyclic) bond motifs is 2. The van der Waals surface area contributed by atoms with E-state index >= 15 is 0 Å². The average molecular weight is 403 g/mol. The first-order chi connectivity index (χ1) is 12.0. The van der Waals surface area contributed by atoms with Gasteiger partial charge in [0.05, 0.1) is 20.0 Å². The van der Waals surface area contributed by atoms with Gasteiger partial charge in [-0.2, -0.15) is 0 Å². The number of esters is 1. The van der Waals surface area contributed by atoms with Crippen molar-refractivity contribution < 1.29 is 24.2 Å². The van der Waals surface area contributed by atoms with Gasteiger partial charge in [-0.25, -0.2) is 0 Å². The lowest BCUT2D eigenvalue weighted by Gasteiger charge is -2.13. The Morgan fingerprint density at radius 2 is 1.72 bits per heavy atom. The van der Waals surface area contributed by atoms with Crippen molar-refractivity contribution in [2.45, 2.75) is 12.8 Å². The number of carboxylic acid groups (broad SMARTS) is 1. The lowest BCUT2D eigenvalue weighted by molar-refractivity contribution is -0.139. The van der Waals surface area contributed by atoms with Crippen molar-refractivity contribution in [2.24, 2.45) is 0 Å². The molecule has 0 atom stereocenters. The van der Waals surface area contributed by atoms with Gasteiger partial charge in [-0.3, -0.25) is 9.59 Å². The smallest absolute Gasteiger partial charge is 0.310 e. The molecule has 0 saturated carbocycles. The zero-order valence-electron chi connectivity index (χ0n) is 13.4. The van der Waals surface area contributed by atoms with E-state index in [0.717, 1.165) is 4.47 Å². The third kappa shape index (κ3) is 3.58. The molecule has 0 amide bonds. The van der Waals surface area contributed by atoms with Gasteiger partial charge in [0.15, 0.2) is 0 Å². The third-order valence-corrected chi connectivity index (χ3v) is 4.43. The quantitative estimate of drug-likeness (QED) is 0.761. The zero-order chi connectivity index (χ0) is 18.0. The standard InChI is InChI=1S/C19H15BrO5/c1-24-19(23)10-14-12-4-2-3-5-16(12)25-17-7-6-11(20)8-15(17)13(14)9-18(21)22/h2-8H,9-10H2,1H3,(H,21,22). The molecule has 2 aromatic carbocycles. The van der Waals surface area contributed by atoms with Crippen LogP contribution in [0, 0.1) is 0 Å². The Kier molecular flexibility index (Phi) is 4.90. The van der Waals surface area contributed by atoms with Crippen molar-refractivity contribution in [1.29, 1.82) is 0 Å². The van der Waals surface area contributed by atoms with Crippen molar-refractivity contribution in [3.8, 4) is 11.5 Å². The maximum Gasteiger partial charge on any atom is 0.310 e. The molecule has 6 heteroatoms. The molecule has 0 bridgehead atoms. The first-order valence-electron chi connectivity index (χ1n) is 7.57. The lowest BCUT2D eigenvalue weighted by Crippen LogP contribution is -2.05. The zero-order valence-corrected chi connectivity index (χ0v) is 15.0. The van der Waals surface area contributed by atoms with Crippen LogP contribution < -0.4 is 4.74 Å². The molecule has 0 fully saturated rings. The van der Waals surface area contributed by atoms with Gasteiger partial charge in [-0.15, -0.1) is 0 Å². The van der Waals surface area contributed by atoms with E-state index < -0.39 is 11.9 Å². The van der Waals surface area contributed by atoms with Crippen LogP contribution in [0.4, 0.5) is 0 Å². The number of para-hydroxylation sites is 1. The Balaban J connectivity index is 2.32. The Hall–Kier alpha value is -2.60. The molecule has 1 heterocycles. The highest BCUT2D eigenvalue weighted by atomic mass is 79.9. The second-order valence-electron chi connectivity index (χ2n) is 5.52. The number of carbonyl (C=O) groups is 2. The van der Waals surface area contributed by atoms with Gasteiger partial charge in [-0.1, -0.05) is 34.1 Å². The fourth-order valence-electron chi connectivity index (χ4n) is 2.85. The summed E-state index contributed by atoms with van der Waals surface area (Å²) in [6.45, 7) is 0. The second kappa shape index (κ2) is 7.11. The molecule has 0 saturated heterocycles. The number of halogens is 1. The molecule has 0 unspecified atom stereocenters. The van der Waals surface area contributed by atoms with Gasteiger partial charge >= 0.3 is 11.9 Å². The van der Waals surface area contributed by atoms with E-state index in [4.69, 9.17) is 9.47 Å². The van der Waals surface area contributed by atoms with E-state index in [1.807, 2.05) is 24.3 Å². The topological polar surface area (TPSA) is 72.8 Å².